The van der Waals surface area contributed by atoms with Gasteiger partial charge in [-0.25, -0.2) is 0 Å². The van der Waals surface area contributed by atoms with Crippen molar-refractivity contribution < 1.29 is 29.0 Å². The summed E-state index contributed by atoms with van der Waals surface area (Å²) in [7, 11) is 0. The second kappa shape index (κ2) is 9.18. The average molecular weight is 493 g/mol. The van der Waals surface area contributed by atoms with Crippen LogP contribution in [0.4, 0.5) is 0 Å². The van der Waals surface area contributed by atoms with Crippen LogP contribution in [0.1, 0.15) is 68.2 Å². The number of carbonyl (C=O) groups excluding carboxylic acids is 3. The summed E-state index contributed by atoms with van der Waals surface area (Å²) in [4.78, 5) is 44.6. The summed E-state index contributed by atoms with van der Waals surface area (Å²) in [6, 6.07) is -0.935. The van der Waals surface area contributed by atoms with Gasteiger partial charge in [-0.15, -0.1) is 6.58 Å². The molecule has 6 atom stereocenters. The number of nitrogens with zero attached hydrogens (tertiary/aromatic N) is 2. The minimum Gasteiger partial charge on any atom is -0.466 e. The Bertz CT molecular complexity index is 879. The maximum Gasteiger partial charge on any atom is 0.312 e. The van der Waals surface area contributed by atoms with Crippen LogP contribution in [-0.4, -0.2) is 81.8 Å². The first-order chi connectivity index (χ1) is 16.1. The zero-order valence-electron chi connectivity index (χ0n) is 22.7. The summed E-state index contributed by atoms with van der Waals surface area (Å²) in [6.45, 7) is 20.1. The lowest BCUT2D eigenvalue weighted by Gasteiger charge is -2.45. The highest BCUT2D eigenvalue weighted by atomic mass is 16.6. The maximum absolute atomic E-state index is 14.4. The lowest BCUT2D eigenvalue weighted by molar-refractivity contribution is -0.163. The van der Waals surface area contributed by atoms with E-state index >= 15 is 0 Å². The average Bonchev–Trinajstić information content (AvgIpc) is 3.22. The van der Waals surface area contributed by atoms with Crippen molar-refractivity contribution in [3.8, 4) is 0 Å². The highest BCUT2D eigenvalue weighted by molar-refractivity contribution is 5.98. The van der Waals surface area contributed by atoms with E-state index in [1.54, 1.807) is 17.9 Å². The second-order valence-electron chi connectivity index (χ2n) is 12.5. The van der Waals surface area contributed by atoms with E-state index in [2.05, 4.69) is 27.4 Å². The molecular weight excluding hydrogens is 448 g/mol. The minimum atomic E-state index is -1.15. The quantitative estimate of drug-likeness (QED) is 0.393. The molecule has 35 heavy (non-hydrogen) atoms. The molecule has 1 N–H and O–H groups in total. The van der Waals surface area contributed by atoms with Crippen LogP contribution in [0.15, 0.2) is 12.7 Å². The van der Waals surface area contributed by atoms with Crippen LogP contribution in [0, 0.1) is 23.2 Å². The number of rotatable bonds is 9. The molecule has 3 aliphatic heterocycles. The standard InChI is InChI=1S/C27H44N2O6/c1-10-12-29(25(7,8)16-24(4,5)6)22(32)20-27-15-17(3)26(9,35-27)19(23(33)34-11-2)18(27)21(31)28(20)13-14-30/h10,17-20,30H,1,11-16H2,2-9H3/t17?,18-,19+,20?,26-,27?/m0/s1. The summed E-state index contributed by atoms with van der Waals surface area (Å²) in [5.41, 5.74) is -2.62. The van der Waals surface area contributed by atoms with Crippen molar-refractivity contribution in [2.45, 2.75) is 91.0 Å². The van der Waals surface area contributed by atoms with Crippen LogP contribution in [0.2, 0.25) is 0 Å². The highest BCUT2D eigenvalue weighted by Gasteiger charge is 2.80. The summed E-state index contributed by atoms with van der Waals surface area (Å²) in [5, 5.41) is 9.82. The molecule has 2 bridgehead atoms. The normalized spacial score (nSPS) is 34.2. The topological polar surface area (TPSA) is 96.4 Å². The Balaban J connectivity index is 2.13. The smallest absolute Gasteiger partial charge is 0.312 e. The van der Waals surface area contributed by atoms with E-state index in [9.17, 15) is 19.5 Å². The van der Waals surface area contributed by atoms with Crippen LogP contribution >= 0.6 is 0 Å². The Morgan fingerprint density at radius 1 is 1.31 bits per heavy atom. The van der Waals surface area contributed by atoms with Gasteiger partial charge >= 0.3 is 5.97 Å². The van der Waals surface area contributed by atoms with Gasteiger partial charge in [0.15, 0.2) is 0 Å². The molecule has 8 heteroatoms. The van der Waals surface area contributed by atoms with Crippen LogP contribution in [-0.2, 0) is 23.9 Å². The van der Waals surface area contributed by atoms with E-state index in [1.807, 2.05) is 27.7 Å². The summed E-state index contributed by atoms with van der Waals surface area (Å²) in [6.07, 6.45) is 2.91. The van der Waals surface area contributed by atoms with Crippen molar-refractivity contribution >= 4 is 17.8 Å². The first-order valence-corrected chi connectivity index (χ1v) is 12.8. The number of fused-ring (bicyclic) bond motifs is 1. The molecule has 198 valence electrons. The fraction of sp³-hybridized carbons (Fsp3) is 0.815. The number of esters is 1. The van der Waals surface area contributed by atoms with E-state index in [-0.39, 0.29) is 42.9 Å². The number of carbonyl (C=O) groups is 3. The fourth-order valence-electron chi connectivity index (χ4n) is 7.26. The van der Waals surface area contributed by atoms with E-state index in [1.165, 1.54) is 4.90 Å². The van der Waals surface area contributed by atoms with Crippen LogP contribution in [0.3, 0.4) is 0 Å². The van der Waals surface area contributed by atoms with Crippen molar-refractivity contribution in [2.24, 2.45) is 23.2 Å². The Kier molecular flexibility index (Phi) is 7.25. The third kappa shape index (κ3) is 4.31. The molecular formula is C27H44N2O6. The molecule has 3 saturated heterocycles. The molecule has 3 unspecified atom stereocenters. The fourth-order valence-corrected chi connectivity index (χ4v) is 7.26. The first-order valence-electron chi connectivity index (χ1n) is 12.8. The Hall–Kier alpha value is -1.93. The molecule has 1 spiro atoms. The molecule has 3 rings (SSSR count). The molecule has 3 fully saturated rings. The van der Waals surface area contributed by atoms with E-state index in [4.69, 9.17) is 9.47 Å². The predicted octanol–water partition coefficient (Wildman–Crippen LogP) is 2.78. The number of ether oxygens (including phenoxy) is 2. The summed E-state index contributed by atoms with van der Waals surface area (Å²) >= 11 is 0. The van der Waals surface area contributed by atoms with Crippen molar-refractivity contribution in [3.63, 3.8) is 0 Å². The van der Waals surface area contributed by atoms with Gasteiger partial charge in [0.1, 0.15) is 17.6 Å². The summed E-state index contributed by atoms with van der Waals surface area (Å²) < 4.78 is 12.1. The Morgan fingerprint density at radius 2 is 1.94 bits per heavy atom. The van der Waals surface area contributed by atoms with E-state index in [0.717, 1.165) is 6.42 Å². The van der Waals surface area contributed by atoms with E-state index in [0.29, 0.717) is 13.0 Å². The van der Waals surface area contributed by atoms with Gasteiger partial charge in [0.05, 0.1) is 24.7 Å². The number of hydrogen-bond donors (Lipinski definition) is 1. The molecule has 0 aromatic carbocycles. The number of likely N-dealkylation sites (tertiary alicyclic amines) is 1. The van der Waals surface area contributed by atoms with Gasteiger partial charge in [0, 0.05) is 18.6 Å². The highest BCUT2D eigenvalue weighted by Crippen LogP contribution is 2.65. The van der Waals surface area contributed by atoms with Gasteiger partial charge in [-0.2, -0.15) is 0 Å². The van der Waals surface area contributed by atoms with Gasteiger partial charge in [-0.1, -0.05) is 33.8 Å². The molecule has 3 aliphatic rings. The van der Waals surface area contributed by atoms with Gasteiger partial charge in [0.2, 0.25) is 11.8 Å². The van der Waals surface area contributed by atoms with Crippen molar-refractivity contribution in [3.05, 3.63) is 12.7 Å². The van der Waals surface area contributed by atoms with Crippen molar-refractivity contribution in [1.82, 2.24) is 9.80 Å². The Labute approximate surface area is 210 Å². The third-order valence-corrected chi connectivity index (χ3v) is 8.20. The number of hydrogen-bond acceptors (Lipinski definition) is 6. The first kappa shape index (κ1) is 27.7. The van der Waals surface area contributed by atoms with Gasteiger partial charge in [-0.05, 0) is 51.9 Å². The van der Waals surface area contributed by atoms with Crippen LogP contribution in [0.25, 0.3) is 0 Å². The number of β-amino-alcohol motifs (C(OH)–C–C–N with tert-alkyl or cyclic N) is 1. The SMILES string of the molecule is C=CCN(C(=O)C1N(CCO)C(=O)[C@@H]2[C@H](C(=O)OCC)[C@@]3(C)OC12CC3C)C(C)(C)CC(C)(C)C. The number of amides is 2. The minimum absolute atomic E-state index is 0.000874. The largest absolute Gasteiger partial charge is 0.466 e. The van der Waals surface area contributed by atoms with Crippen molar-refractivity contribution in [2.75, 3.05) is 26.3 Å². The molecule has 0 aliphatic carbocycles. The lowest BCUT2D eigenvalue weighted by Crippen LogP contribution is -2.61. The molecule has 0 saturated carbocycles. The zero-order valence-corrected chi connectivity index (χ0v) is 22.7. The third-order valence-electron chi connectivity index (χ3n) is 8.20. The van der Waals surface area contributed by atoms with Crippen LogP contribution < -0.4 is 0 Å². The molecule has 0 radical (unpaired) electrons. The lowest BCUT2D eigenvalue weighted by atomic mass is 9.62. The predicted molar refractivity (Wildman–Crippen MR) is 132 cm³/mol. The zero-order chi connectivity index (χ0) is 26.6. The number of aliphatic hydroxyl groups excluding tert-OH is 1. The van der Waals surface area contributed by atoms with Crippen molar-refractivity contribution in [1.29, 1.82) is 0 Å². The summed E-state index contributed by atoms with van der Waals surface area (Å²) in [5.74, 6) is -2.69. The van der Waals surface area contributed by atoms with Gasteiger partial charge in [0.25, 0.3) is 0 Å². The van der Waals surface area contributed by atoms with Gasteiger partial charge < -0.3 is 24.4 Å². The number of aliphatic hydroxyl groups is 1. The molecule has 0 aromatic rings. The van der Waals surface area contributed by atoms with Gasteiger partial charge in [-0.3, -0.25) is 14.4 Å². The molecule has 3 heterocycles. The molecule has 2 amide bonds. The molecule has 0 aromatic heterocycles. The van der Waals surface area contributed by atoms with Crippen LogP contribution in [0.5, 0.6) is 0 Å². The maximum atomic E-state index is 14.4. The monoisotopic (exact) mass is 492 g/mol. The second-order valence-corrected chi connectivity index (χ2v) is 12.5. The Morgan fingerprint density at radius 3 is 2.46 bits per heavy atom. The van der Waals surface area contributed by atoms with E-state index < -0.39 is 40.6 Å². The molecule has 8 nitrogen and oxygen atoms in total.